The molecule has 3 aromatic carbocycles. The number of rotatable bonds is 3. The number of aromatic nitrogens is 3. The zero-order chi connectivity index (χ0) is 19.8. The molecule has 30 heavy (non-hydrogen) atoms. The Morgan fingerprint density at radius 2 is 1.67 bits per heavy atom. The standard InChI is InChI=1S/C26H20N3.Y/c1-19-14-15-20(21-9-8-16-27-18-21)17-23(19)26-28(2)24-12-6-7-13-25(24)29(26)22-10-4-3-5-11-22;/h3-8,10-16,18H,1-2H3;/q-1;. The van der Waals surface area contributed by atoms with E-state index in [-0.39, 0.29) is 32.7 Å². The van der Waals surface area contributed by atoms with Crippen LogP contribution in [0.3, 0.4) is 0 Å². The Labute approximate surface area is 201 Å². The Morgan fingerprint density at radius 1 is 0.900 bits per heavy atom. The smallest absolute Gasteiger partial charge is 0.229 e. The normalized spacial score (nSPS) is 10.7. The summed E-state index contributed by atoms with van der Waals surface area (Å²) in [6.07, 6.45) is 3.57. The van der Waals surface area contributed by atoms with Gasteiger partial charge < -0.3 is 4.98 Å². The second-order valence-electron chi connectivity index (χ2n) is 7.12. The van der Waals surface area contributed by atoms with E-state index in [2.05, 4.69) is 101 Å². The molecular weight excluding hydrogens is 443 g/mol. The van der Waals surface area contributed by atoms with Crippen LogP contribution in [0.15, 0.2) is 85.2 Å². The van der Waals surface area contributed by atoms with Crippen molar-refractivity contribution in [2.75, 3.05) is 0 Å². The Bertz CT molecular complexity index is 1310. The average molecular weight is 463 g/mol. The molecule has 0 unspecified atom stereocenters. The van der Waals surface area contributed by atoms with Crippen molar-refractivity contribution in [3.63, 3.8) is 0 Å². The first kappa shape index (κ1) is 20.6. The number of pyridine rings is 1. The van der Waals surface area contributed by atoms with Crippen LogP contribution >= 0.6 is 0 Å². The van der Waals surface area contributed by atoms with Crippen LogP contribution < -0.4 is 4.57 Å². The molecular formula is C26H20N3Y-. The van der Waals surface area contributed by atoms with Crippen molar-refractivity contribution in [3.8, 4) is 28.2 Å². The van der Waals surface area contributed by atoms with E-state index in [1.807, 2.05) is 18.3 Å². The Kier molecular flexibility index (Phi) is 5.94. The second-order valence-corrected chi connectivity index (χ2v) is 7.12. The molecule has 2 heterocycles. The van der Waals surface area contributed by atoms with Gasteiger partial charge >= 0.3 is 0 Å². The average Bonchev–Trinajstić information content (AvgIpc) is 3.08. The summed E-state index contributed by atoms with van der Waals surface area (Å²) in [7, 11) is 2.12. The SMILES string of the molecule is Cc1ccc(-c2[c-]ccnc2)[c-]c1-c1n(-c2ccccc2)c2ccccc2[n+]1C.[Y]. The molecule has 143 valence electrons. The van der Waals surface area contributed by atoms with Crippen LogP contribution in [0.2, 0.25) is 0 Å². The van der Waals surface area contributed by atoms with Crippen molar-refractivity contribution < 1.29 is 37.3 Å². The fraction of sp³-hybridized carbons (Fsp3) is 0.0769. The van der Waals surface area contributed by atoms with Gasteiger partial charge in [-0.2, -0.15) is 29.3 Å². The van der Waals surface area contributed by atoms with Crippen molar-refractivity contribution in [3.05, 3.63) is 103 Å². The van der Waals surface area contributed by atoms with Gasteiger partial charge in [-0.15, -0.1) is 17.7 Å². The predicted octanol–water partition coefficient (Wildman–Crippen LogP) is 5.09. The maximum atomic E-state index is 4.24. The molecule has 0 saturated heterocycles. The van der Waals surface area contributed by atoms with Gasteiger partial charge in [-0.25, -0.2) is 4.57 Å². The number of imidazole rings is 1. The molecule has 0 saturated carbocycles. The first-order valence-electron chi connectivity index (χ1n) is 9.64. The Balaban J connectivity index is 0.00000218. The number of fused-ring (bicyclic) bond motifs is 1. The number of hydrogen-bond acceptors (Lipinski definition) is 1. The van der Waals surface area contributed by atoms with Gasteiger partial charge in [-0.1, -0.05) is 49.6 Å². The third kappa shape index (κ3) is 3.53. The minimum absolute atomic E-state index is 0. The van der Waals surface area contributed by atoms with Gasteiger partial charge in [0, 0.05) is 32.7 Å². The molecule has 0 aliphatic rings. The molecule has 0 fully saturated rings. The fourth-order valence-corrected chi connectivity index (χ4v) is 3.86. The minimum Gasteiger partial charge on any atom is -0.368 e. The van der Waals surface area contributed by atoms with Crippen LogP contribution in [0.1, 0.15) is 5.56 Å². The van der Waals surface area contributed by atoms with Crippen LogP contribution in [0, 0.1) is 19.1 Å². The monoisotopic (exact) mass is 463 g/mol. The molecule has 3 nitrogen and oxygen atoms in total. The molecule has 0 atom stereocenters. The summed E-state index contributed by atoms with van der Waals surface area (Å²) >= 11 is 0. The molecule has 1 radical (unpaired) electrons. The number of hydrogen-bond donors (Lipinski definition) is 0. The van der Waals surface area contributed by atoms with Crippen molar-refractivity contribution >= 4 is 11.0 Å². The van der Waals surface area contributed by atoms with Crippen molar-refractivity contribution in [1.82, 2.24) is 9.55 Å². The fourth-order valence-electron chi connectivity index (χ4n) is 3.86. The Morgan fingerprint density at radius 3 is 2.43 bits per heavy atom. The van der Waals surface area contributed by atoms with Crippen LogP contribution in [0.5, 0.6) is 0 Å². The molecule has 0 bridgehead atoms. The largest absolute Gasteiger partial charge is 0.368 e. The minimum atomic E-state index is 0. The number of benzene rings is 3. The first-order chi connectivity index (χ1) is 14.2. The zero-order valence-electron chi connectivity index (χ0n) is 17.0. The van der Waals surface area contributed by atoms with E-state index in [0.29, 0.717) is 0 Å². The summed E-state index contributed by atoms with van der Waals surface area (Å²) in [5, 5.41) is 0. The summed E-state index contributed by atoms with van der Waals surface area (Å²) < 4.78 is 4.56. The van der Waals surface area contributed by atoms with Gasteiger partial charge in [-0.05, 0) is 29.8 Å². The topological polar surface area (TPSA) is 21.7 Å². The third-order valence-corrected chi connectivity index (χ3v) is 5.30. The van der Waals surface area contributed by atoms with Crippen LogP contribution in [0.25, 0.3) is 39.2 Å². The van der Waals surface area contributed by atoms with E-state index in [9.17, 15) is 0 Å². The van der Waals surface area contributed by atoms with Gasteiger partial charge in [0.1, 0.15) is 5.69 Å². The molecule has 5 aromatic rings. The van der Waals surface area contributed by atoms with E-state index in [0.717, 1.165) is 28.2 Å². The Hall–Kier alpha value is -2.62. The first-order valence-corrected chi connectivity index (χ1v) is 9.64. The van der Waals surface area contributed by atoms with Crippen LogP contribution in [-0.4, -0.2) is 9.55 Å². The van der Waals surface area contributed by atoms with Crippen molar-refractivity contribution in [2.24, 2.45) is 7.05 Å². The predicted molar refractivity (Wildman–Crippen MR) is 116 cm³/mol. The summed E-state index contributed by atoms with van der Waals surface area (Å²) in [5.41, 5.74) is 7.66. The molecule has 0 aliphatic carbocycles. The summed E-state index contributed by atoms with van der Waals surface area (Å²) in [6.45, 7) is 2.13. The molecule has 0 aliphatic heterocycles. The van der Waals surface area contributed by atoms with Gasteiger partial charge in [-0.3, -0.25) is 4.57 Å². The third-order valence-electron chi connectivity index (χ3n) is 5.30. The zero-order valence-corrected chi connectivity index (χ0v) is 19.8. The van der Waals surface area contributed by atoms with Crippen LogP contribution in [0.4, 0.5) is 0 Å². The summed E-state index contributed by atoms with van der Waals surface area (Å²) in [5.74, 6) is 1.10. The van der Waals surface area contributed by atoms with E-state index in [1.165, 1.54) is 16.6 Å². The van der Waals surface area contributed by atoms with Gasteiger partial charge in [0.15, 0.2) is 11.0 Å². The van der Waals surface area contributed by atoms with Crippen LogP contribution in [-0.2, 0) is 39.8 Å². The maximum absolute atomic E-state index is 4.24. The van der Waals surface area contributed by atoms with Gasteiger partial charge in [0.25, 0.3) is 0 Å². The quantitative estimate of drug-likeness (QED) is 0.270. The molecule has 4 heteroatoms. The van der Waals surface area contributed by atoms with Crippen molar-refractivity contribution in [1.29, 1.82) is 0 Å². The molecule has 0 amide bonds. The summed E-state index contributed by atoms with van der Waals surface area (Å²) in [6, 6.07) is 32.0. The number of aryl methyl sites for hydroxylation is 2. The molecule has 2 aromatic heterocycles. The second kappa shape index (κ2) is 8.63. The van der Waals surface area contributed by atoms with E-state index in [4.69, 9.17) is 0 Å². The van der Waals surface area contributed by atoms with Gasteiger partial charge in [0.2, 0.25) is 5.82 Å². The number of para-hydroxylation sites is 3. The molecule has 5 rings (SSSR count). The van der Waals surface area contributed by atoms with Crippen molar-refractivity contribution in [2.45, 2.75) is 6.92 Å². The molecule has 0 spiro atoms. The molecule has 0 N–H and O–H groups in total. The van der Waals surface area contributed by atoms with E-state index < -0.39 is 0 Å². The summed E-state index contributed by atoms with van der Waals surface area (Å²) in [4.78, 5) is 4.24. The van der Waals surface area contributed by atoms with E-state index in [1.54, 1.807) is 6.20 Å². The van der Waals surface area contributed by atoms with Gasteiger partial charge in [0.05, 0.1) is 7.05 Å². The maximum Gasteiger partial charge on any atom is 0.229 e. The number of nitrogens with zero attached hydrogens (tertiary/aromatic N) is 3. The van der Waals surface area contributed by atoms with E-state index >= 15 is 0 Å².